The number of hydrogen-bond donors (Lipinski definition) is 2. The molecule has 0 saturated carbocycles. The summed E-state index contributed by atoms with van der Waals surface area (Å²) in [7, 11) is 1.86. The molecule has 3 nitrogen and oxygen atoms in total. The summed E-state index contributed by atoms with van der Waals surface area (Å²) in [5.41, 5.74) is 5.23. The van der Waals surface area contributed by atoms with Gasteiger partial charge in [-0.2, -0.15) is 0 Å². The van der Waals surface area contributed by atoms with Crippen molar-refractivity contribution in [3.05, 3.63) is 0 Å². The van der Waals surface area contributed by atoms with E-state index in [2.05, 4.69) is 5.92 Å². The predicted octanol–water partition coefficient (Wildman–Crippen LogP) is -0.740. The van der Waals surface area contributed by atoms with Crippen molar-refractivity contribution in [1.82, 2.24) is 4.90 Å². The molecule has 2 unspecified atom stereocenters. The zero-order valence-corrected chi connectivity index (χ0v) is 7.12. The van der Waals surface area contributed by atoms with Gasteiger partial charge in [-0.05, 0) is 14.0 Å². The Morgan fingerprint density at radius 3 is 2.64 bits per heavy atom. The summed E-state index contributed by atoms with van der Waals surface area (Å²) >= 11 is 0. The van der Waals surface area contributed by atoms with Crippen LogP contribution in [0, 0.1) is 12.3 Å². The van der Waals surface area contributed by atoms with Crippen molar-refractivity contribution in [1.29, 1.82) is 0 Å². The normalized spacial score (nSPS) is 16.0. The van der Waals surface area contributed by atoms with Crippen LogP contribution in [0.25, 0.3) is 0 Å². The second-order valence-corrected chi connectivity index (χ2v) is 2.67. The first-order valence-electron chi connectivity index (χ1n) is 3.66. The van der Waals surface area contributed by atoms with Crippen molar-refractivity contribution in [2.75, 3.05) is 20.1 Å². The highest BCUT2D eigenvalue weighted by Crippen LogP contribution is 1.94. The average molecular weight is 156 g/mol. The van der Waals surface area contributed by atoms with Crippen LogP contribution >= 0.6 is 0 Å². The van der Waals surface area contributed by atoms with E-state index in [4.69, 9.17) is 17.3 Å². The van der Waals surface area contributed by atoms with Crippen molar-refractivity contribution < 1.29 is 5.11 Å². The Balaban J connectivity index is 3.69. The number of rotatable bonds is 4. The monoisotopic (exact) mass is 156 g/mol. The van der Waals surface area contributed by atoms with Gasteiger partial charge in [-0.1, -0.05) is 5.92 Å². The largest absolute Gasteiger partial charge is 0.390 e. The van der Waals surface area contributed by atoms with E-state index in [1.165, 1.54) is 0 Å². The summed E-state index contributed by atoms with van der Waals surface area (Å²) in [6, 6.07) is 0.0520. The molecule has 0 aliphatic carbocycles. The van der Waals surface area contributed by atoms with E-state index < -0.39 is 6.10 Å². The van der Waals surface area contributed by atoms with Crippen LogP contribution in [0.1, 0.15) is 6.92 Å². The van der Waals surface area contributed by atoms with Gasteiger partial charge in [0.2, 0.25) is 0 Å². The van der Waals surface area contributed by atoms with Crippen molar-refractivity contribution in [2.24, 2.45) is 5.73 Å². The van der Waals surface area contributed by atoms with E-state index in [-0.39, 0.29) is 12.6 Å². The molecular weight excluding hydrogens is 140 g/mol. The maximum Gasteiger partial charge on any atom is 0.0789 e. The van der Waals surface area contributed by atoms with Gasteiger partial charge in [-0.25, -0.2) is 0 Å². The number of terminal acetylenes is 1. The van der Waals surface area contributed by atoms with E-state index in [0.717, 1.165) is 0 Å². The first-order chi connectivity index (χ1) is 5.11. The molecule has 64 valence electrons. The van der Waals surface area contributed by atoms with Gasteiger partial charge in [0.1, 0.15) is 0 Å². The smallest absolute Gasteiger partial charge is 0.0789 e. The molecule has 0 aromatic carbocycles. The highest BCUT2D eigenvalue weighted by molar-refractivity contribution is 4.96. The van der Waals surface area contributed by atoms with Gasteiger partial charge in [-0.15, -0.1) is 6.42 Å². The Kier molecular flexibility index (Phi) is 4.88. The SMILES string of the molecule is C#CC(C)N(C)CC(O)CN. The van der Waals surface area contributed by atoms with Crippen molar-refractivity contribution >= 4 is 0 Å². The third-order valence-electron chi connectivity index (χ3n) is 1.67. The third kappa shape index (κ3) is 3.99. The third-order valence-corrected chi connectivity index (χ3v) is 1.67. The maximum absolute atomic E-state index is 9.14. The average Bonchev–Trinajstić information content (AvgIpc) is 2.02. The van der Waals surface area contributed by atoms with Gasteiger partial charge >= 0.3 is 0 Å². The molecule has 0 aliphatic heterocycles. The van der Waals surface area contributed by atoms with Gasteiger partial charge in [0, 0.05) is 13.1 Å². The van der Waals surface area contributed by atoms with Crippen molar-refractivity contribution in [2.45, 2.75) is 19.1 Å². The topological polar surface area (TPSA) is 49.5 Å². The Bertz CT molecular complexity index is 142. The van der Waals surface area contributed by atoms with Crippen LogP contribution in [-0.4, -0.2) is 42.3 Å². The number of nitrogens with zero attached hydrogens (tertiary/aromatic N) is 1. The van der Waals surface area contributed by atoms with Gasteiger partial charge in [-0.3, -0.25) is 4.90 Å². The Morgan fingerprint density at radius 2 is 2.27 bits per heavy atom. The van der Waals surface area contributed by atoms with Crippen molar-refractivity contribution in [3.63, 3.8) is 0 Å². The minimum Gasteiger partial charge on any atom is -0.390 e. The van der Waals surface area contributed by atoms with Gasteiger partial charge in [0.05, 0.1) is 12.1 Å². The fourth-order valence-electron chi connectivity index (χ4n) is 0.692. The molecule has 0 rings (SSSR count). The summed E-state index contributed by atoms with van der Waals surface area (Å²) in [6.07, 6.45) is 4.71. The van der Waals surface area contributed by atoms with Crippen LogP contribution in [0.5, 0.6) is 0 Å². The lowest BCUT2D eigenvalue weighted by atomic mass is 10.2. The molecule has 0 saturated heterocycles. The van der Waals surface area contributed by atoms with Crippen LogP contribution in [0.4, 0.5) is 0 Å². The molecule has 0 bridgehead atoms. The number of nitrogens with two attached hydrogens (primary N) is 1. The summed E-state index contributed by atoms with van der Waals surface area (Å²) < 4.78 is 0. The van der Waals surface area contributed by atoms with Gasteiger partial charge < -0.3 is 10.8 Å². The number of aliphatic hydroxyl groups is 1. The Hall–Kier alpha value is -0.560. The Morgan fingerprint density at radius 1 is 1.73 bits per heavy atom. The zero-order valence-electron chi connectivity index (χ0n) is 7.12. The maximum atomic E-state index is 9.14. The summed E-state index contributed by atoms with van der Waals surface area (Å²) in [6.45, 7) is 2.72. The summed E-state index contributed by atoms with van der Waals surface area (Å²) in [5, 5.41) is 9.14. The molecule has 0 spiro atoms. The highest BCUT2D eigenvalue weighted by atomic mass is 16.3. The Labute approximate surface area is 68.2 Å². The van der Waals surface area contributed by atoms with E-state index in [1.807, 2.05) is 18.9 Å². The van der Waals surface area contributed by atoms with Crippen LogP contribution in [0.2, 0.25) is 0 Å². The first kappa shape index (κ1) is 10.4. The molecule has 2 atom stereocenters. The van der Waals surface area contributed by atoms with E-state index in [1.54, 1.807) is 0 Å². The van der Waals surface area contributed by atoms with Crippen LogP contribution in [0.3, 0.4) is 0 Å². The molecule has 3 heteroatoms. The lowest BCUT2D eigenvalue weighted by molar-refractivity contribution is 0.125. The molecular formula is C8H16N2O. The minimum absolute atomic E-state index is 0.0520. The molecule has 0 radical (unpaired) electrons. The van der Waals surface area contributed by atoms with Crippen LogP contribution < -0.4 is 5.73 Å². The number of likely N-dealkylation sites (N-methyl/N-ethyl adjacent to an activating group) is 1. The lowest BCUT2D eigenvalue weighted by Crippen LogP contribution is -2.38. The van der Waals surface area contributed by atoms with Gasteiger partial charge in [0.15, 0.2) is 0 Å². The quantitative estimate of drug-likeness (QED) is 0.527. The fraction of sp³-hybridized carbons (Fsp3) is 0.750. The van der Waals surface area contributed by atoms with E-state index in [0.29, 0.717) is 6.54 Å². The first-order valence-corrected chi connectivity index (χ1v) is 3.66. The van der Waals surface area contributed by atoms with E-state index in [9.17, 15) is 0 Å². The summed E-state index contributed by atoms with van der Waals surface area (Å²) in [4.78, 5) is 1.89. The molecule has 0 aromatic heterocycles. The highest BCUT2D eigenvalue weighted by Gasteiger charge is 2.09. The molecule has 0 amide bonds. The molecule has 0 fully saturated rings. The molecule has 3 N–H and O–H groups in total. The molecule has 0 aliphatic rings. The molecule has 0 aromatic rings. The fourth-order valence-corrected chi connectivity index (χ4v) is 0.692. The van der Waals surface area contributed by atoms with Crippen LogP contribution in [0.15, 0.2) is 0 Å². The summed E-state index contributed by atoms with van der Waals surface area (Å²) in [5.74, 6) is 2.57. The second kappa shape index (κ2) is 5.14. The zero-order chi connectivity index (χ0) is 8.85. The number of aliphatic hydroxyl groups excluding tert-OH is 1. The minimum atomic E-state index is -0.476. The number of hydrogen-bond acceptors (Lipinski definition) is 3. The lowest BCUT2D eigenvalue weighted by Gasteiger charge is -2.22. The molecule has 11 heavy (non-hydrogen) atoms. The standard InChI is InChI=1S/C8H16N2O/c1-4-7(2)10(3)6-8(11)5-9/h1,7-8,11H,5-6,9H2,2-3H3. The second-order valence-electron chi connectivity index (χ2n) is 2.67. The predicted molar refractivity (Wildman–Crippen MR) is 46.0 cm³/mol. The van der Waals surface area contributed by atoms with Crippen molar-refractivity contribution in [3.8, 4) is 12.3 Å². The van der Waals surface area contributed by atoms with E-state index >= 15 is 0 Å². The molecule has 0 heterocycles. The van der Waals surface area contributed by atoms with Crippen LogP contribution in [-0.2, 0) is 0 Å². The van der Waals surface area contributed by atoms with Gasteiger partial charge in [0.25, 0.3) is 0 Å².